The monoisotopic (exact) mass is 406 g/mol. The number of carbonyl (C=O) groups is 3. The van der Waals surface area contributed by atoms with Crippen LogP contribution < -0.4 is 10.6 Å². The van der Waals surface area contributed by atoms with Crippen LogP contribution in [-0.4, -0.2) is 27.9 Å². The molecule has 1 aromatic heterocycles. The number of aryl methyl sites for hydroxylation is 2. The van der Waals surface area contributed by atoms with Gasteiger partial charge in [-0.3, -0.25) is 14.3 Å². The van der Waals surface area contributed by atoms with Gasteiger partial charge >= 0.3 is 0 Å². The summed E-state index contributed by atoms with van der Waals surface area (Å²) in [5.41, 5.74) is 2.65. The van der Waals surface area contributed by atoms with Crippen molar-refractivity contribution >= 4 is 41.4 Å². The van der Waals surface area contributed by atoms with Crippen molar-refractivity contribution in [2.45, 2.75) is 22.6 Å². The summed E-state index contributed by atoms with van der Waals surface area (Å²) in [5.74, 6) is -0.688. The number of aromatic nitrogens is 2. The number of hydrogen-bond acceptors (Lipinski definition) is 5. The Kier molecular flexibility index (Phi) is 4.94. The normalized spacial score (nSPS) is 15.0. The summed E-state index contributed by atoms with van der Waals surface area (Å²) in [4.78, 5) is 37.5. The number of nitrogens with one attached hydrogen (secondary N) is 2. The standard InChI is InChI=1S/C21H18N4O3S/c1-12-9-19(25(2)24-12)23-20(27)15-5-3-4-6-18(15)29-13-7-8-14-16(11-26)21(28)22-17(14)10-13/h3-11,16H,1-2H3,(H,22,28)(H,23,27). The summed E-state index contributed by atoms with van der Waals surface area (Å²) in [6.07, 6.45) is 0.647. The van der Waals surface area contributed by atoms with E-state index in [0.29, 0.717) is 28.9 Å². The zero-order chi connectivity index (χ0) is 20.5. The highest BCUT2D eigenvalue weighted by molar-refractivity contribution is 7.99. The Balaban J connectivity index is 1.59. The van der Waals surface area contributed by atoms with E-state index in [1.807, 2.05) is 37.3 Å². The molecule has 7 nitrogen and oxygen atoms in total. The van der Waals surface area contributed by atoms with Crippen LogP contribution in [0.5, 0.6) is 0 Å². The van der Waals surface area contributed by atoms with Gasteiger partial charge in [-0.1, -0.05) is 30.0 Å². The molecule has 146 valence electrons. The van der Waals surface area contributed by atoms with E-state index >= 15 is 0 Å². The Morgan fingerprint density at radius 3 is 2.76 bits per heavy atom. The van der Waals surface area contributed by atoms with Gasteiger partial charge in [-0.2, -0.15) is 5.10 Å². The van der Waals surface area contributed by atoms with Crippen molar-refractivity contribution in [2.24, 2.45) is 7.05 Å². The van der Waals surface area contributed by atoms with Gasteiger partial charge in [-0.15, -0.1) is 0 Å². The van der Waals surface area contributed by atoms with Crippen LogP contribution in [0.25, 0.3) is 0 Å². The van der Waals surface area contributed by atoms with E-state index in [4.69, 9.17) is 0 Å². The van der Waals surface area contributed by atoms with E-state index in [1.165, 1.54) is 11.8 Å². The molecule has 0 saturated carbocycles. The minimum Gasteiger partial charge on any atom is -0.325 e. The molecular formula is C21H18N4O3S. The predicted octanol–water partition coefficient (Wildman–Crippen LogP) is 3.37. The summed E-state index contributed by atoms with van der Waals surface area (Å²) in [7, 11) is 1.77. The molecule has 2 heterocycles. The molecule has 29 heavy (non-hydrogen) atoms. The number of fused-ring (bicyclic) bond motifs is 1. The van der Waals surface area contributed by atoms with Gasteiger partial charge in [0.1, 0.15) is 18.0 Å². The first kappa shape index (κ1) is 18.9. The third-order valence-corrected chi connectivity index (χ3v) is 5.70. The van der Waals surface area contributed by atoms with Crippen LogP contribution in [0.1, 0.15) is 27.5 Å². The molecule has 0 aliphatic carbocycles. The lowest BCUT2D eigenvalue weighted by molar-refractivity contribution is -0.121. The first-order valence-electron chi connectivity index (χ1n) is 8.95. The van der Waals surface area contributed by atoms with Crippen molar-refractivity contribution in [3.63, 3.8) is 0 Å². The molecule has 1 unspecified atom stereocenters. The van der Waals surface area contributed by atoms with E-state index in [0.717, 1.165) is 15.5 Å². The Bertz CT molecular complexity index is 1140. The van der Waals surface area contributed by atoms with Gasteiger partial charge in [0.25, 0.3) is 5.91 Å². The summed E-state index contributed by atoms with van der Waals surface area (Å²) >= 11 is 1.42. The van der Waals surface area contributed by atoms with Gasteiger partial charge in [0.2, 0.25) is 5.91 Å². The number of benzene rings is 2. The lowest BCUT2D eigenvalue weighted by Gasteiger charge is -2.11. The van der Waals surface area contributed by atoms with Gasteiger partial charge in [-0.05, 0) is 36.8 Å². The van der Waals surface area contributed by atoms with Crippen LogP contribution in [0.2, 0.25) is 0 Å². The van der Waals surface area contributed by atoms with Crippen LogP contribution in [0.3, 0.4) is 0 Å². The maximum Gasteiger partial charge on any atom is 0.257 e. The third-order valence-electron chi connectivity index (χ3n) is 4.64. The number of anilines is 2. The highest BCUT2D eigenvalue weighted by Gasteiger charge is 2.30. The van der Waals surface area contributed by atoms with Crippen molar-refractivity contribution in [3.05, 3.63) is 65.4 Å². The molecule has 8 heteroatoms. The predicted molar refractivity (Wildman–Crippen MR) is 110 cm³/mol. The van der Waals surface area contributed by atoms with Crippen molar-refractivity contribution in [1.82, 2.24) is 9.78 Å². The Hall–Kier alpha value is -3.39. The lowest BCUT2D eigenvalue weighted by Crippen LogP contribution is -2.15. The zero-order valence-corrected chi connectivity index (χ0v) is 16.6. The fraction of sp³-hybridized carbons (Fsp3) is 0.143. The molecule has 0 spiro atoms. The van der Waals surface area contributed by atoms with E-state index < -0.39 is 5.92 Å². The molecule has 2 aromatic carbocycles. The molecule has 1 aliphatic rings. The molecule has 0 fully saturated rings. The molecule has 2 N–H and O–H groups in total. The second kappa shape index (κ2) is 7.56. The fourth-order valence-corrected chi connectivity index (χ4v) is 4.23. The van der Waals surface area contributed by atoms with E-state index in [9.17, 15) is 14.4 Å². The number of rotatable bonds is 5. The molecule has 1 atom stereocenters. The highest BCUT2D eigenvalue weighted by atomic mass is 32.2. The highest BCUT2D eigenvalue weighted by Crippen LogP contribution is 2.37. The van der Waals surface area contributed by atoms with Crippen molar-refractivity contribution in [3.8, 4) is 0 Å². The van der Waals surface area contributed by atoms with E-state index in [-0.39, 0.29) is 11.8 Å². The molecule has 0 bridgehead atoms. The maximum absolute atomic E-state index is 12.8. The van der Waals surface area contributed by atoms with Gasteiger partial charge in [0.15, 0.2) is 0 Å². The first-order valence-corrected chi connectivity index (χ1v) is 9.77. The van der Waals surface area contributed by atoms with Crippen LogP contribution in [0.4, 0.5) is 11.5 Å². The van der Waals surface area contributed by atoms with Crippen molar-refractivity contribution in [2.75, 3.05) is 10.6 Å². The minimum atomic E-state index is -0.760. The average Bonchev–Trinajstić information content (AvgIpc) is 3.18. The number of aldehydes is 1. The topological polar surface area (TPSA) is 93.1 Å². The largest absolute Gasteiger partial charge is 0.325 e. The van der Waals surface area contributed by atoms with E-state index in [1.54, 1.807) is 29.9 Å². The fourth-order valence-electron chi connectivity index (χ4n) is 3.25. The smallest absolute Gasteiger partial charge is 0.257 e. The molecular weight excluding hydrogens is 388 g/mol. The van der Waals surface area contributed by atoms with Gasteiger partial charge < -0.3 is 15.4 Å². The third kappa shape index (κ3) is 3.66. The number of carbonyl (C=O) groups excluding carboxylic acids is 3. The molecule has 3 aromatic rings. The Morgan fingerprint density at radius 2 is 2.03 bits per heavy atom. The molecule has 0 radical (unpaired) electrons. The van der Waals surface area contributed by atoms with Crippen molar-refractivity contribution in [1.29, 1.82) is 0 Å². The van der Waals surface area contributed by atoms with Crippen LogP contribution in [0.15, 0.2) is 58.3 Å². The van der Waals surface area contributed by atoms with Crippen LogP contribution in [-0.2, 0) is 16.6 Å². The number of hydrogen-bond donors (Lipinski definition) is 2. The molecule has 2 amide bonds. The molecule has 0 saturated heterocycles. The lowest BCUT2D eigenvalue weighted by atomic mass is 10.0. The van der Waals surface area contributed by atoms with Crippen LogP contribution in [0, 0.1) is 6.92 Å². The maximum atomic E-state index is 12.8. The second-order valence-electron chi connectivity index (χ2n) is 6.70. The number of amides is 2. The Labute approximate surface area is 171 Å². The molecule has 1 aliphatic heterocycles. The van der Waals surface area contributed by atoms with Crippen molar-refractivity contribution < 1.29 is 14.4 Å². The summed E-state index contributed by atoms with van der Waals surface area (Å²) in [5, 5.41) is 9.86. The zero-order valence-electron chi connectivity index (χ0n) is 15.8. The number of nitrogens with zero attached hydrogens (tertiary/aromatic N) is 2. The second-order valence-corrected chi connectivity index (χ2v) is 7.81. The minimum absolute atomic E-state index is 0.230. The SMILES string of the molecule is Cc1cc(NC(=O)c2ccccc2Sc2ccc3c(c2)NC(=O)C3C=O)n(C)n1. The van der Waals surface area contributed by atoms with E-state index in [2.05, 4.69) is 15.7 Å². The molecule has 4 rings (SSSR count). The van der Waals surface area contributed by atoms with Gasteiger partial charge in [0, 0.05) is 28.6 Å². The van der Waals surface area contributed by atoms with Gasteiger partial charge in [-0.25, -0.2) is 0 Å². The summed E-state index contributed by atoms with van der Waals surface area (Å²) < 4.78 is 1.62. The quantitative estimate of drug-likeness (QED) is 0.501. The van der Waals surface area contributed by atoms with Crippen LogP contribution >= 0.6 is 11.8 Å². The Morgan fingerprint density at radius 1 is 1.24 bits per heavy atom. The summed E-state index contributed by atoms with van der Waals surface area (Å²) in [6.45, 7) is 1.86. The summed E-state index contributed by atoms with van der Waals surface area (Å²) in [6, 6.07) is 14.6. The average molecular weight is 406 g/mol. The van der Waals surface area contributed by atoms with Gasteiger partial charge in [0.05, 0.1) is 11.3 Å². The first-order chi connectivity index (χ1) is 14.0.